The van der Waals surface area contributed by atoms with Gasteiger partial charge in [0.25, 0.3) is 0 Å². The van der Waals surface area contributed by atoms with Crippen LogP contribution in [0.1, 0.15) is 48.8 Å². The summed E-state index contributed by atoms with van der Waals surface area (Å²) >= 11 is 6.05. The number of hydrogen-bond donors (Lipinski definition) is 0. The molecule has 17 heavy (non-hydrogen) atoms. The van der Waals surface area contributed by atoms with Crippen molar-refractivity contribution in [2.45, 2.75) is 39.0 Å². The Balaban J connectivity index is 2.44. The molecule has 0 amide bonds. The van der Waals surface area contributed by atoms with Crippen molar-refractivity contribution in [3.63, 3.8) is 0 Å². The molecule has 0 radical (unpaired) electrons. The summed E-state index contributed by atoms with van der Waals surface area (Å²) in [7, 11) is 0. The molecule has 1 aliphatic carbocycles. The van der Waals surface area contributed by atoms with Gasteiger partial charge in [-0.2, -0.15) is 0 Å². The summed E-state index contributed by atoms with van der Waals surface area (Å²) in [6, 6.07) is 1.83. The van der Waals surface area contributed by atoms with Crippen LogP contribution in [0, 0.1) is 0 Å². The van der Waals surface area contributed by atoms with E-state index in [-0.39, 0.29) is 10.6 Å². The molecule has 1 aliphatic rings. The Morgan fingerprint density at radius 2 is 2.29 bits per heavy atom. The van der Waals surface area contributed by atoms with Gasteiger partial charge in [0.2, 0.25) is 0 Å². The maximum absolute atomic E-state index is 11.7. The minimum absolute atomic E-state index is 0.0478. The van der Waals surface area contributed by atoms with Crippen LogP contribution in [0.5, 0.6) is 0 Å². The number of aryl methyl sites for hydroxylation is 1. The van der Waals surface area contributed by atoms with Crippen molar-refractivity contribution in [2.24, 2.45) is 0 Å². The normalized spacial score (nSPS) is 16.7. The highest BCUT2D eigenvalue weighted by Gasteiger charge is 2.33. The number of esters is 1. The van der Waals surface area contributed by atoms with Crippen LogP contribution in [0.4, 0.5) is 0 Å². The third kappa shape index (κ3) is 2.16. The van der Waals surface area contributed by atoms with Crippen molar-refractivity contribution < 1.29 is 9.53 Å². The number of carbonyl (C=O) groups is 1. The molecule has 92 valence electrons. The van der Waals surface area contributed by atoms with Crippen molar-refractivity contribution in [3.8, 4) is 0 Å². The number of fused-ring (bicyclic) bond motifs is 1. The number of halogens is 1. The lowest BCUT2D eigenvalue weighted by Gasteiger charge is -2.18. The SMILES string of the molecule is CCOC(=O)c1cc2c(nc1Cl)C(C)(C)CC2. The fourth-order valence-corrected chi connectivity index (χ4v) is 2.44. The zero-order valence-corrected chi connectivity index (χ0v) is 11.1. The highest BCUT2D eigenvalue weighted by Crippen LogP contribution is 2.38. The van der Waals surface area contributed by atoms with Gasteiger partial charge in [-0.05, 0) is 31.4 Å². The molecule has 0 bridgehead atoms. The van der Waals surface area contributed by atoms with Gasteiger partial charge >= 0.3 is 5.97 Å². The maximum Gasteiger partial charge on any atom is 0.341 e. The van der Waals surface area contributed by atoms with Gasteiger partial charge in [0.15, 0.2) is 0 Å². The first-order valence-electron chi connectivity index (χ1n) is 5.82. The molecule has 0 fully saturated rings. The fourth-order valence-electron chi connectivity index (χ4n) is 2.23. The molecule has 1 heterocycles. The molecule has 1 aromatic rings. The van der Waals surface area contributed by atoms with E-state index in [1.54, 1.807) is 6.92 Å². The lowest BCUT2D eigenvalue weighted by Crippen LogP contribution is -2.15. The maximum atomic E-state index is 11.7. The van der Waals surface area contributed by atoms with Gasteiger partial charge in [-0.25, -0.2) is 9.78 Å². The van der Waals surface area contributed by atoms with Gasteiger partial charge in [-0.15, -0.1) is 0 Å². The number of ether oxygens (including phenoxy) is 1. The van der Waals surface area contributed by atoms with Crippen molar-refractivity contribution >= 4 is 17.6 Å². The van der Waals surface area contributed by atoms with E-state index in [0.717, 1.165) is 24.1 Å². The lowest BCUT2D eigenvalue weighted by molar-refractivity contribution is 0.0526. The van der Waals surface area contributed by atoms with Gasteiger partial charge in [0.05, 0.1) is 17.9 Å². The predicted molar refractivity (Wildman–Crippen MR) is 66.6 cm³/mol. The molecule has 0 saturated heterocycles. The molecule has 1 aromatic heterocycles. The zero-order valence-electron chi connectivity index (χ0n) is 10.3. The second-order valence-corrected chi connectivity index (χ2v) is 5.30. The Morgan fingerprint density at radius 1 is 1.59 bits per heavy atom. The third-order valence-corrected chi connectivity index (χ3v) is 3.50. The molecular weight excluding hydrogens is 238 g/mol. The molecule has 0 atom stereocenters. The van der Waals surface area contributed by atoms with Crippen LogP contribution in [0.25, 0.3) is 0 Å². The van der Waals surface area contributed by atoms with Gasteiger partial charge in [0, 0.05) is 5.41 Å². The highest BCUT2D eigenvalue weighted by molar-refractivity contribution is 6.32. The van der Waals surface area contributed by atoms with Gasteiger partial charge in [-0.3, -0.25) is 0 Å². The molecule has 4 heteroatoms. The Labute approximate surface area is 106 Å². The van der Waals surface area contributed by atoms with E-state index in [0.29, 0.717) is 12.2 Å². The number of carbonyl (C=O) groups excluding carboxylic acids is 1. The summed E-state index contributed by atoms with van der Waals surface area (Å²) in [5.41, 5.74) is 2.55. The second kappa shape index (κ2) is 4.30. The van der Waals surface area contributed by atoms with E-state index >= 15 is 0 Å². The van der Waals surface area contributed by atoms with Crippen LogP contribution in [0.2, 0.25) is 5.15 Å². The Bertz CT molecular complexity index is 469. The average Bonchev–Trinajstić information content (AvgIpc) is 2.54. The standard InChI is InChI=1S/C13H16ClNO2/c1-4-17-12(16)9-7-8-5-6-13(2,3)10(8)15-11(9)14/h7H,4-6H2,1-3H3. The van der Waals surface area contributed by atoms with Crippen LogP contribution < -0.4 is 0 Å². The Kier molecular flexibility index (Phi) is 3.13. The van der Waals surface area contributed by atoms with Crippen LogP contribution in [-0.2, 0) is 16.6 Å². The average molecular weight is 254 g/mol. The number of hydrogen-bond acceptors (Lipinski definition) is 3. The summed E-state index contributed by atoms with van der Waals surface area (Å²) in [6.07, 6.45) is 1.98. The fraction of sp³-hybridized carbons (Fsp3) is 0.538. The first kappa shape index (κ1) is 12.4. The molecule has 0 aromatic carbocycles. The van der Waals surface area contributed by atoms with E-state index in [4.69, 9.17) is 16.3 Å². The summed E-state index contributed by atoms with van der Waals surface area (Å²) in [4.78, 5) is 16.1. The van der Waals surface area contributed by atoms with E-state index in [9.17, 15) is 4.79 Å². The van der Waals surface area contributed by atoms with Crippen molar-refractivity contribution in [1.82, 2.24) is 4.98 Å². The topological polar surface area (TPSA) is 39.2 Å². The van der Waals surface area contributed by atoms with Crippen molar-refractivity contribution in [1.29, 1.82) is 0 Å². The van der Waals surface area contributed by atoms with Gasteiger partial charge in [-0.1, -0.05) is 25.4 Å². The molecule has 0 saturated carbocycles. The minimum atomic E-state index is -0.391. The minimum Gasteiger partial charge on any atom is -0.462 e. The highest BCUT2D eigenvalue weighted by atomic mass is 35.5. The van der Waals surface area contributed by atoms with Gasteiger partial charge in [0.1, 0.15) is 5.15 Å². The molecule has 0 aliphatic heterocycles. The largest absolute Gasteiger partial charge is 0.462 e. The first-order chi connectivity index (χ1) is 7.95. The van der Waals surface area contributed by atoms with Gasteiger partial charge < -0.3 is 4.74 Å². The number of aromatic nitrogens is 1. The first-order valence-corrected chi connectivity index (χ1v) is 6.20. The summed E-state index contributed by atoms with van der Waals surface area (Å²) in [5.74, 6) is -0.391. The quantitative estimate of drug-likeness (QED) is 0.600. The number of nitrogens with zero attached hydrogens (tertiary/aromatic N) is 1. The van der Waals surface area contributed by atoms with Crippen LogP contribution in [0.3, 0.4) is 0 Å². The number of pyridine rings is 1. The van der Waals surface area contributed by atoms with Crippen LogP contribution in [0.15, 0.2) is 6.07 Å². The number of rotatable bonds is 2. The molecule has 0 spiro atoms. The van der Waals surface area contributed by atoms with E-state index in [1.165, 1.54) is 0 Å². The van der Waals surface area contributed by atoms with Crippen LogP contribution >= 0.6 is 11.6 Å². The summed E-state index contributed by atoms with van der Waals surface area (Å²) in [6.45, 7) is 6.41. The summed E-state index contributed by atoms with van der Waals surface area (Å²) < 4.78 is 4.96. The van der Waals surface area contributed by atoms with E-state index < -0.39 is 5.97 Å². The van der Waals surface area contributed by atoms with Crippen molar-refractivity contribution in [3.05, 3.63) is 28.0 Å². The molecular formula is C13H16ClNO2. The second-order valence-electron chi connectivity index (χ2n) is 4.94. The molecule has 2 rings (SSSR count). The Hall–Kier alpha value is -1.09. The van der Waals surface area contributed by atoms with Crippen molar-refractivity contribution in [2.75, 3.05) is 6.61 Å². The molecule has 0 unspecified atom stereocenters. The smallest absolute Gasteiger partial charge is 0.341 e. The Morgan fingerprint density at radius 3 is 2.94 bits per heavy atom. The third-order valence-electron chi connectivity index (χ3n) is 3.21. The predicted octanol–water partition coefficient (Wildman–Crippen LogP) is 3.14. The monoisotopic (exact) mass is 253 g/mol. The van der Waals surface area contributed by atoms with Crippen LogP contribution in [-0.4, -0.2) is 17.6 Å². The summed E-state index contributed by atoms with van der Waals surface area (Å²) in [5, 5.41) is 0.247. The lowest BCUT2D eigenvalue weighted by atomic mass is 9.90. The molecule has 3 nitrogen and oxygen atoms in total. The molecule has 0 N–H and O–H groups in total. The zero-order chi connectivity index (χ0) is 12.6. The van der Waals surface area contributed by atoms with E-state index in [1.807, 2.05) is 6.07 Å². The van der Waals surface area contributed by atoms with E-state index in [2.05, 4.69) is 18.8 Å².